The maximum Gasteiger partial charge on any atom is 0.200 e. The first-order chi connectivity index (χ1) is 17.2. The average molecular weight is 516 g/mol. The largest absolute Gasteiger partial charge is 0.492 e. The summed E-state index contributed by atoms with van der Waals surface area (Å²) in [7, 11) is -2.56. The van der Waals surface area contributed by atoms with E-state index in [9.17, 15) is 22.8 Å². The Morgan fingerprint density at radius 2 is 2.03 bits per heavy atom. The van der Waals surface area contributed by atoms with E-state index >= 15 is 4.39 Å². The number of aromatic nitrogens is 1. The number of carbonyl (C=O) groups is 2. The predicted octanol–water partition coefficient (Wildman–Crippen LogP) is 1.53. The maximum atomic E-state index is 15.7. The fourth-order valence-corrected chi connectivity index (χ4v) is 7.40. The predicted molar refractivity (Wildman–Crippen MR) is 131 cm³/mol. The summed E-state index contributed by atoms with van der Waals surface area (Å²) >= 11 is 0. The molecule has 190 valence electrons. The molecule has 1 N–H and O–H groups in total. The van der Waals surface area contributed by atoms with Gasteiger partial charge in [-0.15, -0.1) is 0 Å². The zero-order valence-corrected chi connectivity index (χ0v) is 20.6. The van der Waals surface area contributed by atoms with Gasteiger partial charge < -0.3 is 19.5 Å². The van der Waals surface area contributed by atoms with E-state index in [4.69, 9.17) is 4.74 Å². The molecule has 2 atom stereocenters. The van der Waals surface area contributed by atoms with Crippen LogP contribution in [-0.2, 0) is 14.6 Å². The summed E-state index contributed by atoms with van der Waals surface area (Å²) < 4.78 is 47.9. The number of ether oxygens (including phenoxy) is 1. The zero-order chi connectivity index (χ0) is 25.4. The smallest absolute Gasteiger partial charge is 0.200 e. The molecule has 6 rings (SSSR count). The van der Waals surface area contributed by atoms with Gasteiger partial charge >= 0.3 is 0 Å². The van der Waals surface area contributed by atoms with E-state index in [2.05, 4.69) is 11.4 Å². The minimum absolute atomic E-state index is 0.0479. The van der Waals surface area contributed by atoms with Crippen molar-refractivity contribution in [2.75, 3.05) is 37.4 Å². The van der Waals surface area contributed by atoms with Crippen molar-refractivity contribution in [2.24, 2.45) is 0 Å². The Balaban J connectivity index is 1.54. The Bertz CT molecular complexity index is 1520. The summed E-state index contributed by atoms with van der Waals surface area (Å²) in [6.07, 6.45) is 5.73. The second-order valence-electron chi connectivity index (χ2n) is 9.93. The van der Waals surface area contributed by atoms with Gasteiger partial charge in [0.25, 0.3) is 0 Å². The first-order valence-corrected chi connectivity index (χ1v) is 13.8. The van der Waals surface area contributed by atoms with Gasteiger partial charge in [-0.25, -0.2) is 12.8 Å². The first-order valence-electron chi connectivity index (χ1n) is 12.1. The molecule has 3 aliphatic heterocycles. The number of methoxy groups -OCH3 is 1. The quantitative estimate of drug-likeness (QED) is 0.362. The molecule has 1 aliphatic carbocycles. The fraction of sp³-hybridized carbons (Fsp3) is 0.480. The third-order valence-corrected chi connectivity index (χ3v) is 9.58. The summed E-state index contributed by atoms with van der Waals surface area (Å²) in [6, 6.07) is 1.18. The van der Waals surface area contributed by atoms with Crippen LogP contribution in [0.1, 0.15) is 42.1 Å². The van der Waals surface area contributed by atoms with Gasteiger partial charge in [0.1, 0.15) is 5.69 Å². The third-order valence-electron chi connectivity index (χ3n) is 7.61. The lowest BCUT2D eigenvalue weighted by Gasteiger charge is -2.25. The molecule has 0 spiro atoms. The number of nitrogens with one attached hydrogen (secondary N) is 1. The highest BCUT2D eigenvalue weighted by Crippen LogP contribution is 2.44. The van der Waals surface area contributed by atoms with Crippen molar-refractivity contribution in [3.8, 4) is 5.75 Å². The van der Waals surface area contributed by atoms with E-state index in [1.54, 1.807) is 4.57 Å². The summed E-state index contributed by atoms with van der Waals surface area (Å²) in [6.45, 7) is 1.94. The number of hydrogen-bond donors (Lipinski definition) is 1. The van der Waals surface area contributed by atoms with Crippen LogP contribution in [0.15, 0.2) is 28.7 Å². The molecule has 2 saturated heterocycles. The average Bonchev–Trinajstić information content (AvgIpc) is 3.53. The van der Waals surface area contributed by atoms with Gasteiger partial charge in [-0.3, -0.25) is 14.4 Å². The molecule has 4 heterocycles. The molecule has 4 aliphatic rings. The molecule has 0 radical (unpaired) electrons. The number of anilines is 1. The second kappa shape index (κ2) is 8.24. The number of fused-ring (bicyclic) bond motifs is 2. The van der Waals surface area contributed by atoms with E-state index in [-0.39, 0.29) is 35.3 Å². The number of hydrogen-bond acceptors (Lipinski definition) is 8. The van der Waals surface area contributed by atoms with Crippen molar-refractivity contribution in [3.05, 3.63) is 45.5 Å². The highest BCUT2D eigenvalue weighted by molar-refractivity contribution is 7.94. The molecule has 1 saturated carbocycles. The number of halogens is 1. The van der Waals surface area contributed by atoms with Crippen molar-refractivity contribution in [3.63, 3.8) is 0 Å². The van der Waals surface area contributed by atoms with E-state index in [0.717, 1.165) is 31.9 Å². The number of Topliss-reactive ketones (excluding diaryl/α,β-unsaturated/α-hetero) is 2. The van der Waals surface area contributed by atoms with Gasteiger partial charge in [-0.05, 0) is 37.4 Å². The molecule has 2 aromatic rings. The molecule has 1 aromatic carbocycles. The monoisotopic (exact) mass is 515 g/mol. The standard InChI is InChI=1S/C25H26FN3O6S/c1-35-24-20-15(9-17(26)21(24)28-10-13-3-2-7-27-18(13)12-28)22(31)16(11-29(20)14-4-5-14)23(32)25-19(30)6-8-36(25,33)34/h3,9,11,14,18,25,27H,2,4-8,10,12H2,1H3. The van der Waals surface area contributed by atoms with Crippen molar-refractivity contribution in [2.45, 2.75) is 43.0 Å². The van der Waals surface area contributed by atoms with Crippen LogP contribution in [0.5, 0.6) is 5.75 Å². The van der Waals surface area contributed by atoms with Crippen LogP contribution in [-0.4, -0.2) is 68.3 Å². The SMILES string of the molecule is COc1c(N2CC3=CCCNC3C2)c(F)cc2c(=O)c(C(=O)C3C(=O)CCS3(=O)=O)cn(C3CC3)c12. The molecule has 36 heavy (non-hydrogen) atoms. The van der Waals surface area contributed by atoms with Crippen LogP contribution in [0.2, 0.25) is 0 Å². The number of nitrogens with zero attached hydrogens (tertiary/aromatic N) is 2. The molecule has 9 nitrogen and oxygen atoms in total. The van der Waals surface area contributed by atoms with E-state index < -0.39 is 49.2 Å². The Labute approximate surface area is 206 Å². The molecular formula is C25H26FN3O6S. The highest BCUT2D eigenvalue weighted by atomic mass is 32.2. The maximum absolute atomic E-state index is 15.7. The fourth-order valence-electron chi connectivity index (χ4n) is 5.71. The van der Waals surface area contributed by atoms with Crippen LogP contribution in [0.4, 0.5) is 10.1 Å². The highest BCUT2D eigenvalue weighted by Gasteiger charge is 2.46. The second-order valence-corrected chi connectivity index (χ2v) is 12.1. The molecule has 11 heteroatoms. The van der Waals surface area contributed by atoms with Gasteiger partial charge in [-0.2, -0.15) is 0 Å². The first kappa shape index (κ1) is 23.4. The normalized spacial score (nSPS) is 25.2. The molecular weight excluding hydrogens is 489 g/mol. The lowest BCUT2D eigenvalue weighted by Crippen LogP contribution is -2.36. The number of benzene rings is 1. The van der Waals surface area contributed by atoms with Crippen molar-refractivity contribution in [1.29, 1.82) is 0 Å². The summed E-state index contributed by atoms with van der Waals surface area (Å²) in [5, 5.41) is 1.49. The summed E-state index contributed by atoms with van der Waals surface area (Å²) in [4.78, 5) is 40.9. The van der Waals surface area contributed by atoms with Crippen LogP contribution < -0.4 is 20.4 Å². The van der Waals surface area contributed by atoms with E-state index in [1.807, 2.05) is 4.90 Å². The number of pyridine rings is 1. The lowest BCUT2D eigenvalue weighted by atomic mass is 10.0. The van der Waals surface area contributed by atoms with Gasteiger partial charge in [-0.1, -0.05) is 6.08 Å². The van der Waals surface area contributed by atoms with Crippen molar-refractivity contribution < 1.29 is 27.1 Å². The molecule has 0 amide bonds. The van der Waals surface area contributed by atoms with Crippen molar-refractivity contribution >= 4 is 38.0 Å². The number of sulfone groups is 1. The molecule has 0 bridgehead atoms. The van der Waals surface area contributed by atoms with Crippen LogP contribution in [0.3, 0.4) is 0 Å². The molecule has 2 unspecified atom stereocenters. The Kier molecular flexibility index (Phi) is 5.34. The topological polar surface area (TPSA) is 115 Å². The third kappa shape index (κ3) is 3.51. The minimum atomic E-state index is -3.98. The van der Waals surface area contributed by atoms with Gasteiger partial charge in [0.2, 0.25) is 0 Å². The van der Waals surface area contributed by atoms with Crippen molar-refractivity contribution in [1.82, 2.24) is 9.88 Å². The Morgan fingerprint density at radius 1 is 1.25 bits per heavy atom. The van der Waals surface area contributed by atoms with Crippen LogP contribution >= 0.6 is 0 Å². The van der Waals surface area contributed by atoms with Crippen LogP contribution in [0, 0.1) is 5.82 Å². The number of rotatable bonds is 5. The summed E-state index contributed by atoms with van der Waals surface area (Å²) in [5.41, 5.74) is 0.601. The minimum Gasteiger partial charge on any atom is -0.492 e. The Hall–Kier alpha value is -3.05. The zero-order valence-electron chi connectivity index (χ0n) is 19.8. The van der Waals surface area contributed by atoms with Gasteiger partial charge in [0.05, 0.1) is 29.3 Å². The van der Waals surface area contributed by atoms with Crippen LogP contribution in [0.25, 0.3) is 10.9 Å². The van der Waals surface area contributed by atoms with E-state index in [0.29, 0.717) is 18.6 Å². The number of carbonyl (C=O) groups excluding carboxylic acids is 2. The Morgan fingerprint density at radius 3 is 2.67 bits per heavy atom. The lowest BCUT2D eigenvalue weighted by molar-refractivity contribution is -0.117. The van der Waals surface area contributed by atoms with Gasteiger partial charge in [0.15, 0.2) is 43.6 Å². The van der Waals surface area contributed by atoms with E-state index in [1.165, 1.54) is 18.9 Å². The van der Waals surface area contributed by atoms with Gasteiger partial charge in [0, 0.05) is 37.8 Å². The number of ketones is 2. The molecule has 1 aromatic heterocycles. The summed E-state index contributed by atoms with van der Waals surface area (Å²) in [5.74, 6) is -2.62. The molecule has 3 fully saturated rings.